The van der Waals surface area contributed by atoms with E-state index in [9.17, 15) is 22.0 Å². The van der Waals surface area contributed by atoms with E-state index in [2.05, 4.69) is 5.32 Å². The average molecular weight is 417 g/mol. The minimum Gasteiger partial charge on any atom is -0.351 e. The fourth-order valence-corrected chi connectivity index (χ4v) is 5.49. The maximum atomic E-state index is 13.9. The fraction of sp³-hybridized carbons (Fsp3) is 0.632. The maximum Gasteiger partial charge on any atom is 0.275 e. The SMILES string of the molecule is O=C(C[NH+]1CCN(S(=O)(=O)c2cc(F)ccc2F)CC1)NCC1CCCCC1. The average Bonchev–Trinajstić information content (AvgIpc) is 2.69. The van der Waals surface area contributed by atoms with Gasteiger partial charge in [0.05, 0.1) is 26.2 Å². The number of carbonyl (C=O) groups excluding carboxylic acids is 1. The molecule has 1 aromatic rings. The van der Waals surface area contributed by atoms with Crippen LogP contribution in [0.25, 0.3) is 0 Å². The second-order valence-electron chi connectivity index (χ2n) is 7.71. The van der Waals surface area contributed by atoms with Crippen molar-refractivity contribution in [3.63, 3.8) is 0 Å². The molecule has 0 bridgehead atoms. The van der Waals surface area contributed by atoms with E-state index in [1.807, 2.05) is 0 Å². The van der Waals surface area contributed by atoms with Crippen molar-refractivity contribution in [2.45, 2.75) is 37.0 Å². The van der Waals surface area contributed by atoms with Crippen LogP contribution < -0.4 is 10.2 Å². The highest BCUT2D eigenvalue weighted by atomic mass is 32.2. The summed E-state index contributed by atoms with van der Waals surface area (Å²) < 4.78 is 53.6. The van der Waals surface area contributed by atoms with Crippen LogP contribution in [-0.2, 0) is 14.8 Å². The molecule has 3 rings (SSSR count). The Kier molecular flexibility index (Phi) is 7.00. The number of hydrogen-bond donors (Lipinski definition) is 2. The van der Waals surface area contributed by atoms with Crippen molar-refractivity contribution in [1.29, 1.82) is 0 Å². The third-order valence-corrected chi connectivity index (χ3v) is 7.58. The van der Waals surface area contributed by atoms with Gasteiger partial charge in [-0.3, -0.25) is 4.79 Å². The molecule has 2 N–H and O–H groups in total. The highest BCUT2D eigenvalue weighted by Crippen LogP contribution is 2.22. The van der Waals surface area contributed by atoms with Gasteiger partial charge in [0.15, 0.2) is 6.54 Å². The zero-order valence-electron chi connectivity index (χ0n) is 15.9. The summed E-state index contributed by atoms with van der Waals surface area (Å²) in [6.07, 6.45) is 6.07. The number of quaternary nitrogens is 1. The second kappa shape index (κ2) is 9.28. The lowest BCUT2D eigenvalue weighted by Gasteiger charge is -2.31. The lowest BCUT2D eigenvalue weighted by atomic mass is 9.89. The lowest BCUT2D eigenvalue weighted by molar-refractivity contribution is -0.895. The van der Waals surface area contributed by atoms with Gasteiger partial charge in [-0.05, 0) is 37.0 Å². The Balaban J connectivity index is 1.48. The van der Waals surface area contributed by atoms with Gasteiger partial charge >= 0.3 is 0 Å². The quantitative estimate of drug-likeness (QED) is 0.712. The number of nitrogens with one attached hydrogen (secondary N) is 2. The van der Waals surface area contributed by atoms with E-state index in [0.717, 1.165) is 21.3 Å². The summed E-state index contributed by atoms with van der Waals surface area (Å²) in [6, 6.07) is 2.42. The van der Waals surface area contributed by atoms with Gasteiger partial charge < -0.3 is 10.2 Å². The molecule has 0 aromatic heterocycles. The van der Waals surface area contributed by atoms with Crippen LogP contribution in [0.15, 0.2) is 23.1 Å². The van der Waals surface area contributed by atoms with E-state index in [-0.39, 0.29) is 19.0 Å². The van der Waals surface area contributed by atoms with E-state index in [0.29, 0.717) is 38.2 Å². The van der Waals surface area contributed by atoms with Crippen LogP contribution in [0.2, 0.25) is 0 Å². The summed E-state index contributed by atoms with van der Waals surface area (Å²) in [4.78, 5) is 12.5. The minimum absolute atomic E-state index is 0.0203. The van der Waals surface area contributed by atoms with E-state index < -0.39 is 26.6 Å². The molecule has 1 aliphatic heterocycles. The number of carbonyl (C=O) groups is 1. The minimum atomic E-state index is -4.09. The van der Waals surface area contributed by atoms with E-state index in [4.69, 9.17) is 0 Å². The Morgan fingerprint density at radius 3 is 2.50 bits per heavy atom. The molecular formula is C19H28F2N3O3S+. The maximum absolute atomic E-state index is 13.9. The number of amides is 1. The zero-order chi connectivity index (χ0) is 20.1. The summed E-state index contributed by atoms with van der Waals surface area (Å²) in [5.41, 5.74) is 0. The van der Waals surface area contributed by atoms with E-state index in [1.165, 1.54) is 32.1 Å². The summed E-state index contributed by atoms with van der Waals surface area (Å²) in [7, 11) is -4.09. The van der Waals surface area contributed by atoms with Crippen molar-refractivity contribution >= 4 is 15.9 Å². The molecule has 156 valence electrons. The summed E-state index contributed by atoms with van der Waals surface area (Å²) in [5, 5.41) is 3.00. The first-order chi connectivity index (χ1) is 13.4. The number of halogens is 2. The van der Waals surface area contributed by atoms with Gasteiger partial charge in [0.25, 0.3) is 5.91 Å². The Labute approximate surface area is 164 Å². The molecule has 0 atom stereocenters. The van der Waals surface area contributed by atoms with Crippen molar-refractivity contribution in [3.8, 4) is 0 Å². The molecule has 1 aromatic carbocycles. The molecule has 1 aliphatic carbocycles. The molecule has 1 saturated heterocycles. The van der Waals surface area contributed by atoms with Crippen molar-refractivity contribution in [2.75, 3.05) is 39.3 Å². The smallest absolute Gasteiger partial charge is 0.275 e. The first-order valence-electron chi connectivity index (χ1n) is 9.92. The van der Waals surface area contributed by atoms with Crippen LogP contribution in [0.5, 0.6) is 0 Å². The molecule has 6 nitrogen and oxygen atoms in total. The Hall–Kier alpha value is -1.58. The molecule has 0 spiro atoms. The van der Waals surface area contributed by atoms with Crippen molar-refractivity contribution in [3.05, 3.63) is 29.8 Å². The number of nitrogens with zero attached hydrogens (tertiary/aromatic N) is 1. The number of rotatable bonds is 6. The fourth-order valence-electron chi connectivity index (χ4n) is 3.97. The normalized spacial score (nSPS) is 20.2. The second-order valence-corrected chi connectivity index (χ2v) is 9.62. The molecular weight excluding hydrogens is 388 g/mol. The zero-order valence-corrected chi connectivity index (χ0v) is 16.7. The van der Waals surface area contributed by atoms with E-state index >= 15 is 0 Å². The highest BCUT2D eigenvalue weighted by Gasteiger charge is 2.33. The standard InChI is InChI=1S/C19H27F2N3O3S/c20-16-6-7-17(21)18(12-16)28(26,27)24-10-8-23(9-11-24)14-19(25)22-13-15-4-2-1-3-5-15/h6-7,12,15H,1-5,8-11,13-14H2,(H,22,25)/p+1. The predicted octanol–water partition coefficient (Wildman–Crippen LogP) is 0.551. The third-order valence-electron chi connectivity index (χ3n) is 5.66. The number of benzene rings is 1. The van der Waals surface area contributed by atoms with Gasteiger partial charge in [-0.25, -0.2) is 17.2 Å². The van der Waals surface area contributed by atoms with Crippen molar-refractivity contribution in [2.24, 2.45) is 5.92 Å². The number of piperazine rings is 1. The van der Waals surface area contributed by atoms with Gasteiger partial charge in [0.1, 0.15) is 16.5 Å². The number of hydrogen-bond acceptors (Lipinski definition) is 3. The molecule has 2 aliphatic rings. The van der Waals surface area contributed by atoms with Crippen LogP contribution in [-0.4, -0.2) is 57.9 Å². The molecule has 2 fully saturated rings. The summed E-state index contributed by atoms with van der Waals surface area (Å²) in [6.45, 7) is 2.26. The molecule has 9 heteroatoms. The highest BCUT2D eigenvalue weighted by molar-refractivity contribution is 7.89. The molecule has 1 heterocycles. The Bertz CT molecular complexity index is 790. The van der Waals surface area contributed by atoms with Gasteiger partial charge in [-0.15, -0.1) is 0 Å². The van der Waals surface area contributed by atoms with Crippen LogP contribution >= 0.6 is 0 Å². The molecule has 28 heavy (non-hydrogen) atoms. The predicted molar refractivity (Wildman–Crippen MR) is 100 cm³/mol. The molecule has 0 unspecified atom stereocenters. The largest absolute Gasteiger partial charge is 0.351 e. The summed E-state index contributed by atoms with van der Waals surface area (Å²) in [5.74, 6) is -1.21. The first-order valence-corrected chi connectivity index (χ1v) is 11.4. The Morgan fingerprint density at radius 2 is 1.82 bits per heavy atom. The van der Waals surface area contributed by atoms with Crippen LogP contribution in [0.1, 0.15) is 32.1 Å². The van der Waals surface area contributed by atoms with Crippen LogP contribution in [0.3, 0.4) is 0 Å². The molecule has 1 saturated carbocycles. The number of sulfonamides is 1. The summed E-state index contributed by atoms with van der Waals surface area (Å²) >= 11 is 0. The van der Waals surface area contributed by atoms with Gasteiger partial charge in [-0.2, -0.15) is 4.31 Å². The molecule has 1 amide bonds. The monoisotopic (exact) mass is 416 g/mol. The van der Waals surface area contributed by atoms with Crippen molar-refractivity contribution in [1.82, 2.24) is 9.62 Å². The Morgan fingerprint density at radius 1 is 1.14 bits per heavy atom. The van der Waals surface area contributed by atoms with Crippen molar-refractivity contribution < 1.29 is 26.9 Å². The third kappa shape index (κ3) is 5.27. The van der Waals surface area contributed by atoms with E-state index in [1.54, 1.807) is 0 Å². The van der Waals surface area contributed by atoms with Gasteiger partial charge in [0.2, 0.25) is 10.0 Å². The van der Waals surface area contributed by atoms with Crippen LogP contribution in [0, 0.1) is 17.6 Å². The van der Waals surface area contributed by atoms with Crippen LogP contribution in [0.4, 0.5) is 8.78 Å². The molecule has 0 radical (unpaired) electrons. The lowest BCUT2D eigenvalue weighted by Crippen LogP contribution is -3.15. The first kappa shape index (κ1) is 21.1. The topological polar surface area (TPSA) is 70.9 Å². The van der Waals surface area contributed by atoms with Gasteiger partial charge in [-0.1, -0.05) is 19.3 Å². The van der Waals surface area contributed by atoms with Gasteiger partial charge in [0, 0.05) is 6.54 Å².